The van der Waals surface area contributed by atoms with Crippen LogP contribution in [0.2, 0.25) is 0 Å². The van der Waals surface area contributed by atoms with E-state index in [2.05, 4.69) is 63.2 Å². The highest BCUT2D eigenvalue weighted by molar-refractivity contribution is 7.99. The molecule has 5 rings (SSSR count). The van der Waals surface area contributed by atoms with E-state index in [1.54, 1.807) is 0 Å². The Morgan fingerprint density at radius 2 is 1.44 bits per heavy atom. The van der Waals surface area contributed by atoms with Crippen LogP contribution in [0.4, 0.5) is 0 Å². The number of ether oxygens (including phenoxy) is 1. The van der Waals surface area contributed by atoms with Crippen molar-refractivity contribution in [2.24, 2.45) is 0 Å². The van der Waals surface area contributed by atoms with Gasteiger partial charge in [-0.25, -0.2) is 0 Å². The minimum absolute atomic E-state index is 0.974. The summed E-state index contributed by atoms with van der Waals surface area (Å²) in [6.07, 6.45) is 2.01. The van der Waals surface area contributed by atoms with Gasteiger partial charge in [0.05, 0.1) is 0 Å². The highest BCUT2D eigenvalue weighted by Gasteiger charge is 2.26. The maximum Gasteiger partial charge on any atom is 0.132 e. The van der Waals surface area contributed by atoms with Crippen molar-refractivity contribution in [3.8, 4) is 11.5 Å². The van der Waals surface area contributed by atoms with Gasteiger partial charge >= 0.3 is 0 Å². The zero-order valence-corrected chi connectivity index (χ0v) is 15.6. The minimum atomic E-state index is 0.974. The summed E-state index contributed by atoms with van der Waals surface area (Å²) in [6.45, 7) is 6.67. The number of aryl methyl sites for hydroxylation is 2. The Hall–Kier alpha value is -2.19. The number of fused-ring (bicyclic) bond motifs is 4. The Kier molecular flexibility index (Phi) is 3.26. The fourth-order valence-electron chi connectivity index (χ4n) is 4.05. The third kappa shape index (κ3) is 2.24. The van der Waals surface area contributed by atoms with Gasteiger partial charge in [-0.3, -0.25) is 0 Å². The predicted octanol–water partition coefficient (Wildman–Crippen LogP) is 6.36. The number of benzene rings is 3. The van der Waals surface area contributed by atoms with Crippen LogP contribution in [0.3, 0.4) is 0 Å². The van der Waals surface area contributed by atoms with Gasteiger partial charge in [-0.1, -0.05) is 36.0 Å². The molecule has 0 N–H and O–H groups in total. The molecule has 0 fully saturated rings. The van der Waals surface area contributed by atoms with E-state index in [1.165, 1.54) is 48.7 Å². The van der Waals surface area contributed by atoms with Crippen LogP contribution >= 0.6 is 11.8 Å². The standard InChI is InChI=1S/C23H20OS/c1-13-6-4-8-20-16(13)10-18-15(3)19-11-17-14(2)7-5-9-22(17)25-23(19)12-21(18)24-20/h4-9,12H,10-11H2,1-3H3. The molecule has 1 nitrogen and oxygen atoms in total. The largest absolute Gasteiger partial charge is 0.457 e. The van der Waals surface area contributed by atoms with Crippen LogP contribution in [0.25, 0.3) is 0 Å². The molecular formula is C23H20OS. The fourth-order valence-corrected chi connectivity index (χ4v) is 5.31. The van der Waals surface area contributed by atoms with Gasteiger partial charge in [0.15, 0.2) is 0 Å². The lowest BCUT2D eigenvalue weighted by atomic mass is 9.88. The first-order valence-corrected chi connectivity index (χ1v) is 9.61. The molecule has 0 aliphatic carbocycles. The maximum absolute atomic E-state index is 6.30. The second-order valence-electron chi connectivity index (χ2n) is 7.12. The van der Waals surface area contributed by atoms with Gasteiger partial charge in [-0.2, -0.15) is 0 Å². The number of rotatable bonds is 0. The molecule has 0 amide bonds. The van der Waals surface area contributed by atoms with Crippen LogP contribution in [-0.4, -0.2) is 0 Å². The molecule has 0 spiro atoms. The zero-order chi connectivity index (χ0) is 17.1. The molecule has 0 saturated heterocycles. The summed E-state index contributed by atoms with van der Waals surface area (Å²) in [7, 11) is 0. The van der Waals surface area contributed by atoms with Crippen molar-refractivity contribution in [3.05, 3.63) is 81.4 Å². The van der Waals surface area contributed by atoms with Crippen molar-refractivity contribution in [1.82, 2.24) is 0 Å². The first-order valence-electron chi connectivity index (χ1n) is 8.80. The summed E-state index contributed by atoms with van der Waals surface area (Å²) < 4.78 is 6.30. The molecule has 2 heteroatoms. The molecule has 2 aliphatic heterocycles. The van der Waals surface area contributed by atoms with Crippen LogP contribution in [0.5, 0.6) is 11.5 Å². The van der Waals surface area contributed by atoms with Gasteiger partial charge in [0, 0.05) is 33.8 Å². The molecule has 2 heterocycles. The van der Waals surface area contributed by atoms with Crippen LogP contribution in [0, 0.1) is 20.8 Å². The van der Waals surface area contributed by atoms with Crippen molar-refractivity contribution in [1.29, 1.82) is 0 Å². The molecular weight excluding hydrogens is 324 g/mol. The number of hydrogen-bond acceptors (Lipinski definition) is 2. The Bertz CT molecular complexity index is 953. The highest BCUT2D eigenvalue weighted by atomic mass is 32.2. The van der Waals surface area contributed by atoms with E-state index in [9.17, 15) is 0 Å². The van der Waals surface area contributed by atoms with Crippen LogP contribution in [0.1, 0.15) is 38.9 Å². The predicted molar refractivity (Wildman–Crippen MR) is 103 cm³/mol. The van der Waals surface area contributed by atoms with E-state index in [-0.39, 0.29) is 0 Å². The van der Waals surface area contributed by atoms with E-state index < -0.39 is 0 Å². The normalized spacial score (nSPS) is 14.0. The Morgan fingerprint density at radius 1 is 0.720 bits per heavy atom. The van der Waals surface area contributed by atoms with Gasteiger partial charge in [-0.15, -0.1) is 0 Å². The lowest BCUT2D eigenvalue weighted by molar-refractivity contribution is 0.456. The smallest absolute Gasteiger partial charge is 0.132 e. The summed E-state index contributed by atoms with van der Waals surface area (Å²) in [5, 5.41) is 0. The SMILES string of the molecule is Cc1cccc2c1Cc1c(cc3c(c1C)Cc1c(C)cccc1S3)O2. The fraction of sp³-hybridized carbons (Fsp3) is 0.217. The summed E-state index contributed by atoms with van der Waals surface area (Å²) in [6, 6.07) is 15.2. The van der Waals surface area contributed by atoms with Gasteiger partial charge in [-0.05, 0) is 66.8 Å². The molecule has 0 saturated carbocycles. The molecule has 3 aromatic rings. The van der Waals surface area contributed by atoms with Gasteiger partial charge in [0.1, 0.15) is 11.5 Å². The molecule has 2 aliphatic rings. The lowest BCUT2D eigenvalue weighted by Crippen LogP contribution is -2.11. The Morgan fingerprint density at radius 3 is 2.28 bits per heavy atom. The topological polar surface area (TPSA) is 9.23 Å². The third-order valence-corrected chi connectivity index (χ3v) is 6.83. The average molecular weight is 344 g/mol. The van der Waals surface area contributed by atoms with E-state index in [0.717, 1.165) is 24.3 Å². The van der Waals surface area contributed by atoms with Crippen LogP contribution in [0.15, 0.2) is 52.3 Å². The van der Waals surface area contributed by atoms with Crippen LogP contribution in [-0.2, 0) is 12.8 Å². The van der Waals surface area contributed by atoms with Crippen molar-refractivity contribution >= 4 is 11.8 Å². The van der Waals surface area contributed by atoms with E-state index in [1.807, 2.05) is 11.8 Å². The van der Waals surface area contributed by atoms with Crippen molar-refractivity contribution in [2.75, 3.05) is 0 Å². The van der Waals surface area contributed by atoms with Gasteiger partial charge in [0.25, 0.3) is 0 Å². The second kappa shape index (κ2) is 5.40. The molecule has 0 aromatic heterocycles. The Labute approximate surface area is 153 Å². The van der Waals surface area contributed by atoms with Gasteiger partial charge in [0.2, 0.25) is 0 Å². The highest BCUT2D eigenvalue weighted by Crippen LogP contribution is 2.48. The van der Waals surface area contributed by atoms with E-state index >= 15 is 0 Å². The van der Waals surface area contributed by atoms with Crippen LogP contribution < -0.4 is 4.74 Å². The quantitative estimate of drug-likeness (QED) is 0.323. The molecule has 25 heavy (non-hydrogen) atoms. The monoisotopic (exact) mass is 344 g/mol. The minimum Gasteiger partial charge on any atom is -0.457 e. The first-order chi connectivity index (χ1) is 12.1. The second-order valence-corrected chi connectivity index (χ2v) is 8.20. The maximum atomic E-state index is 6.30. The lowest BCUT2D eigenvalue weighted by Gasteiger charge is -2.29. The third-order valence-electron chi connectivity index (χ3n) is 5.64. The summed E-state index contributed by atoms with van der Waals surface area (Å²) in [5.74, 6) is 2.06. The molecule has 0 atom stereocenters. The molecule has 0 radical (unpaired) electrons. The molecule has 3 aromatic carbocycles. The van der Waals surface area contributed by atoms with Crippen molar-refractivity contribution < 1.29 is 4.74 Å². The average Bonchev–Trinajstić information content (AvgIpc) is 2.60. The molecule has 0 unspecified atom stereocenters. The van der Waals surface area contributed by atoms with Gasteiger partial charge < -0.3 is 4.74 Å². The first kappa shape index (κ1) is 15.1. The summed E-state index contributed by atoms with van der Waals surface area (Å²) in [5.41, 5.74) is 9.77. The van der Waals surface area contributed by atoms with Crippen molar-refractivity contribution in [2.45, 2.75) is 43.4 Å². The summed E-state index contributed by atoms with van der Waals surface area (Å²) in [4.78, 5) is 2.74. The van der Waals surface area contributed by atoms with Crippen molar-refractivity contribution in [3.63, 3.8) is 0 Å². The Balaban J connectivity index is 1.65. The zero-order valence-electron chi connectivity index (χ0n) is 14.8. The van der Waals surface area contributed by atoms with E-state index in [4.69, 9.17) is 4.74 Å². The molecule has 0 bridgehead atoms. The molecule has 124 valence electrons. The number of hydrogen-bond donors (Lipinski definition) is 0. The summed E-state index contributed by atoms with van der Waals surface area (Å²) >= 11 is 1.89. The van der Waals surface area contributed by atoms with E-state index in [0.29, 0.717) is 0 Å².